The zero-order chi connectivity index (χ0) is 39.8. The second-order valence-electron chi connectivity index (χ2n) is 16.1. The molecule has 6 unspecified atom stereocenters. The van der Waals surface area contributed by atoms with Crippen molar-refractivity contribution in [1.29, 1.82) is 0 Å². The van der Waals surface area contributed by atoms with Crippen LogP contribution in [0.3, 0.4) is 0 Å². The summed E-state index contributed by atoms with van der Waals surface area (Å²) in [5, 5.41) is 17.3. The van der Waals surface area contributed by atoms with Crippen LogP contribution in [0.4, 0.5) is 11.5 Å². The maximum Gasteiger partial charge on any atom is 0.242 e. The van der Waals surface area contributed by atoms with Gasteiger partial charge in [-0.05, 0) is 110 Å². The zero-order valence-corrected chi connectivity index (χ0v) is 33.7. The Morgan fingerprint density at radius 1 is 0.930 bits per heavy atom. The lowest BCUT2D eigenvalue weighted by molar-refractivity contribution is -0.132. The number of carbonyl (C=O) groups is 4. The molecule has 0 radical (unpaired) electrons. The van der Waals surface area contributed by atoms with Crippen LogP contribution >= 0.6 is 34.5 Å². The summed E-state index contributed by atoms with van der Waals surface area (Å²) in [5.41, 5.74) is 3.94. The Hall–Kier alpha value is -5.23. The summed E-state index contributed by atoms with van der Waals surface area (Å²) in [6.07, 6.45) is 4.53. The van der Waals surface area contributed by atoms with Gasteiger partial charge in [0.2, 0.25) is 23.6 Å². The molecule has 57 heavy (non-hydrogen) atoms. The van der Waals surface area contributed by atoms with Crippen LogP contribution < -0.4 is 14.5 Å². The second-order valence-corrected chi connectivity index (χ2v) is 18.0. The van der Waals surface area contributed by atoms with Crippen LogP contribution in [-0.4, -0.2) is 38.5 Å². The van der Waals surface area contributed by atoms with E-state index < -0.39 is 35.0 Å². The molecule has 4 amide bonds. The molecule has 10 nitrogen and oxygen atoms in total. The van der Waals surface area contributed by atoms with Crippen molar-refractivity contribution in [2.24, 2.45) is 42.1 Å². The van der Waals surface area contributed by atoms with Crippen molar-refractivity contribution in [2.45, 2.75) is 40.0 Å². The highest BCUT2D eigenvalue weighted by Gasteiger charge is 2.68. The van der Waals surface area contributed by atoms with Crippen molar-refractivity contribution in [2.75, 3.05) is 9.80 Å². The number of aromatic nitrogens is 2. The molecule has 13 heteroatoms. The molecular weight excluding hydrogens is 783 g/mol. The second kappa shape index (κ2) is 12.6. The van der Waals surface area contributed by atoms with Crippen molar-refractivity contribution in [3.63, 3.8) is 0 Å². The van der Waals surface area contributed by atoms with Gasteiger partial charge in [0.1, 0.15) is 23.0 Å². The Balaban J connectivity index is 1.08. The van der Waals surface area contributed by atoms with Crippen LogP contribution in [-0.2, 0) is 32.6 Å². The highest BCUT2D eigenvalue weighted by atomic mass is 35.5. The predicted molar refractivity (Wildman–Crippen MR) is 218 cm³/mol. The highest BCUT2D eigenvalue weighted by molar-refractivity contribution is 7.22. The molecule has 6 atom stereocenters. The van der Waals surface area contributed by atoms with Gasteiger partial charge in [0.25, 0.3) is 0 Å². The Morgan fingerprint density at radius 3 is 2.53 bits per heavy atom. The summed E-state index contributed by atoms with van der Waals surface area (Å²) >= 11 is 14.4. The van der Waals surface area contributed by atoms with Crippen molar-refractivity contribution in [3.8, 4) is 22.1 Å². The van der Waals surface area contributed by atoms with Gasteiger partial charge in [-0.2, -0.15) is 5.10 Å². The number of phenolic OH excluding ortho intramolecular Hbond substituents is 1. The number of fused-ring (bicyclic) bond motifs is 6. The molecule has 5 aromatic rings. The molecule has 1 saturated carbocycles. The molecule has 5 aliphatic rings. The first kappa shape index (κ1) is 36.1. The van der Waals surface area contributed by atoms with Crippen LogP contribution in [0.1, 0.15) is 36.5 Å². The molecule has 0 bridgehead atoms. The van der Waals surface area contributed by atoms with Crippen molar-refractivity contribution < 1.29 is 29.0 Å². The Kier molecular flexibility index (Phi) is 8.01. The summed E-state index contributed by atoms with van der Waals surface area (Å²) in [7, 11) is 1.73. The van der Waals surface area contributed by atoms with E-state index in [1.54, 1.807) is 71.8 Å². The maximum absolute atomic E-state index is 15.3. The number of anilines is 2. The summed E-state index contributed by atoms with van der Waals surface area (Å²) in [4.78, 5) is 62.4. The van der Waals surface area contributed by atoms with E-state index in [0.29, 0.717) is 45.8 Å². The predicted octanol–water partition coefficient (Wildman–Crippen LogP) is 8.72. The summed E-state index contributed by atoms with van der Waals surface area (Å²) in [5.74, 6) is -3.73. The van der Waals surface area contributed by atoms with E-state index in [2.05, 4.69) is 0 Å². The molecule has 2 saturated heterocycles. The molecular formula is C44H36Cl2N4O6S. The standard InChI is InChI=1S/C44H36Cl2N4O6S/c1-20-5-7-25(16-32(20)46)49-40(52)28-10-9-27-30(37(28)42(49)54)17-31-41(53)50(36-18-33(47-48(36)4)39-21(2)29-15-24(45)6-12-35(29)57-39)43(55)44(31,3)38(27)23-13-22-14-26(51)8-11-34(22)56-19-23/h5-9,11-12,14-16,18-19,28,30-31,37-38,51H,10,13,17H2,1-4H3. The number of nitrogens with zero attached hydrogens (tertiary/aromatic N) is 4. The smallest absolute Gasteiger partial charge is 0.242 e. The number of ether oxygens (including phenoxy) is 1. The van der Waals surface area contributed by atoms with Gasteiger partial charge in [-0.3, -0.25) is 23.9 Å². The highest BCUT2D eigenvalue weighted by Crippen LogP contribution is 2.63. The number of phenols is 1. The number of hydrogen-bond donors (Lipinski definition) is 1. The number of allylic oxidation sites excluding steroid dienone is 3. The number of imide groups is 2. The average molecular weight is 820 g/mol. The van der Waals surface area contributed by atoms with Gasteiger partial charge in [0.15, 0.2) is 0 Å². The first-order valence-electron chi connectivity index (χ1n) is 18.9. The van der Waals surface area contributed by atoms with Crippen molar-refractivity contribution >= 4 is 79.8 Å². The van der Waals surface area contributed by atoms with Crippen molar-refractivity contribution in [3.05, 3.63) is 111 Å². The summed E-state index contributed by atoms with van der Waals surface area (Å²) in [6, 6.07) is 17.6. The number of thiophene rings is 1. The molecule has 0 spiro atoms. The topological polar surface area (TPSA) is 122 Å². The summed E-state index contributed by atoms with van der Waals surface area (Å²) < 4.78 is 8.77. The van der Waals surface area contributed by atoms with Crippen LogP contribution in [0.5, 0.6) is 11.5 Å². The lowest BCUT2D eigenvalue weighted by Crippen LogP contribution is -2.51. The Bertz CT molecular complexity index is 2730. The number of rotatable bonds is 4. The van der Waals surface area contributed by atoms with Gasteiger partial charge in [-0.1, -0.05) is 40.9 Å². The third-order valence-corrected chi connectivity index (χ3v) is 15.0. The fourth-order valence-electron chi connectivity index (χ4n) is 10.3. The van der Waals surface area contributed by atoms with E-state index in [1.165, 1.54) is 9.80 Å². The molecule has 288 valence electrons. The molecule has 2 aromatic heterocycles. The number of aryl methyl sites for hydroxylation is 3. The average Bonchev–Trinajstić information content (AvgIpc) is 3.85. The molecule has 3 fully saturated rings. The van der Waals surface area contributed by atoms with Crippen molar-refractivity contribution in [1.82, 2.24) is 9.78 Å². The minimum Gasteiger partial charge on any atom is -0.508 e. The van der Waals surface area contributed by atoms with Gasteiger partial charge in [0, 0.05) is 45.8 Å². The first-order valence-corrected chi connectivity index (χ1v) is 20.5. The number of benzene rings is 3. The number of carbonyl (C=O) groups excluding carboxylic acids is 4. The largest absolute Gasteiger partial charge is 0.508 e. The summed E-state index contributed by atoms with van der Waals surface area (Å²) in [6.45, 7) is 5.72. The molecule has 2 aliphatic carbocycles. The van der Waals surface area contributed by atoms with E-state index in [-0.39, 0.29) is 35.8 Å². The number of halogens is 2. The minimum atomic E-state index is -1.28. The lowest BCUT2D eigenvalue weighted by atomic mass is 9.51. The number of amides is 4. The van der Waals surface area contributed by atoms with Crippen LogP contribution in [0.25, 0.3) is 20.7 Å². The van der Waals surface area contributed by atoms with Gasteiger partial charge in [0.05, 0.1) is 40.0 Å². The Labute approximate surface area is 341 Å². The SMILES string of the molecule is Cc1ccc(N2C(=O)C3CC=C4C(CC5C(=O)N(c6cc(-c7sc8ccc(Cl)cc8c7C)nn6C)C(=O)C5(C)C4C4=COc5ccc(O)cc5C4)C3C2=O)cc1Cl. The quantitative estimate of drug-likeness (QED) is 0.142. The lowest BCUT2D eigenvalue weighted by Gasteiger charge is -2.49. The van der Waals surface area contributed by atoms with Crippen LogP contribution in [0.2, 0.25) is 10.0 Å². The van der Waals surface area contributed by atoms with E-state index >= 15 is 9.59 Å². The van der Waals surface area contributed by atoms with Gasteiger partial charge in [-0.25, -0.2) is 9.80 Å². The first-order chi connectivity index (χ1) is 27.3. The Morgan fingerprint density at radius 2 is 1.74 bits per heavy atom. The number of hydrogen-bond acceptors (Lipinski definition) is 8. The molecule has 5 heterocycles. The molecule has 3 aliphatic heterocycles. The van der Waals surface area contributed by atoms with Gasteiger partial charge < -0.3 is 9.84 Å². The third-order valence-electron chi connectivity index (χ3n) is 13.1. The minimum absolute atomic E-state index is 0.0811. The fraction of sp³-hybridized carbons (Fsp3) is 0.295. The van der Waals surface area contributed by atoms with E-state index in [1.807, 2.05) is 45.0 Å². The van der Waals surface area contributed by atoms with Gasteiger partial charge in [-0.15, -0.1) is 11.3 Å². The monoisotopic (exact) mass is 818 g/mol. The molecule has 3 aromatic carbocycles. The van der Waals surface area contributed by atoms with Crippen LogP contribution in [0, 0.1) is 48.9 Å². The van der Waals surface area contributed by atoms with E-state index in [4.69, 9.17) is 33.0 Å². The zero-order valence-electron chi connectivity index (χ0n) is 31.4. The molecule has 10 rings (SSSR count). The fourth-order valence-corrected chi connectivity index (χ4v) is 11.7. The normalized spacial score (nSPS) is 26.6. The maximum atomic E-state index is 15.3. The van der Waals surface area contributed by atoms with Crippen LogP contribution in [0.15, 0.2) is 84.1 Å². The van der Waals surface area contributed by atoms with E-state index in [0.717, 1.165) is 42.8 Å². The van der Waals surface area contributed by atoms with Gasteiger partial charge >= 0.3 is 0 Å². The van der Waals surface area contributed by atoms with E-state index in [9.17, 15) is 14.7 Å². The third kappa shape index (κ3) is 5.11. The molecule has 1 N–H and O–H groups in total. The number of aromatic hydroxyl groups is 1.